The van der Waals surface area contributed by atoms with E-state index in [0.717, 1.165) is 12.1 Å². The molecule has 3 nitrogen and oxygen atoms in total. The lowest BCUT2D eigenvalue weighted by Crippen LogP contribution is -2.28. The minimum absolute atomic E-state index is 0.171. The van der Waals surface area contributed by atoms with Gasteiger partial charge in [0, 0.05) is 13.1 Å². The molecule has 0 spiro atoms. The zero-order chi connectivity index (χ0) is 13.9. The van der Waals surface area contributed by atoms with Crippen molar-refractivity contribution >= 4 is 5.97 Å². The zero-order valence-electron chi connectivity index (χ0n) is 11.3. The fourth-order valence-corrected chi connectivity index (χ4v) is 2.01. The number of halogens is 1. The van der Waals surface area contributed by atoms with Gasteiger partial charge in [-0.1, -0.05) is 26.8 Å². The molecule has 0 heterocycles. The average molecular weight is 253 g/mol. The fourth-order valence-electron chi connectivity index (χ4n) is 2.01. The third-order valence-corrected chi connectivity index (χ3v) is 2.46. The van der Waals surface area contributed by atoms with E-state index >= 15 is 0 Å². The molecule has 0 aromatic heterocycles. The second kappa shape index (κ2) is 5.48. The first-order valence-corrected chi connectivity index (χ1v) is 5.89. The van der Waals surface area contributed by atoms with E-state index in [9.17, 15) is 9.18 Å². The lowest BCUT2D eigenvalue weighted by molar-refractivity contribution is 0.0691. The third-order valence-electron chi connectivity index (χ3n) is 2.46. The Bertz CT molecular complexity index is 438. The standard InChI is InChI=1S/C14H20FNO2/c1-14(2,3)9-16(4)8-10-5-6-12(15)11(7-10)13(17)18/h5-7H,8-9H2,1-4H3,(H,17,18). The van der Waals surface area contributed by atoms with Crippen molar-refractivity contribution in [3.63, 3.8) is 0 Å². The highest BCUT2D eigenvalue weighted by atomic mass is 19.1. The first-order valence-electron chi connectivity index (χ1n) is 5.89. The summed E-state index contributed by atoms with van der Waals surface area (Å²) in [7, 11) is 1.97. The molecular formula is C14H20FNO2. The monoisotopic (exact) mass is 253 g/mol. The molecular weight excluding hydrogens is 233 g/mol. The molecule has 0 fully saturated rings. The SMILES string of the molecule is CN(Cc1ccc(F)c(C(=O)O)c1)CC(C)(C)C. The molecule has 0 amide bonds. The number of benzene rings is 1. The average Bonchev–Trinajstić information content (AvgIpc) is 2.17. The Kier molecular flexibility index (Phi) is 4.46. The van der Waals surface area contributed by atoms with Crippen molar-refractivity contribution < 1.29 is 14.3 Å². The summed E-state index contributed by atoms with van der Waals surface area (Å²) in [6, 6.07) is 4.24. The van der Waals surface area contributed by atoms with Crippen molar-refractivity contribution in [1.29, 1.82) is 0 Å². The van der Waals surface area contributed by atoms with E-state index in [2.05, 4.69) is 25.7 Å². The summed E-state index contributed by atoms with van der Waals surface area (Å²) >= 11 is 0. The predicted molar refractivity (Wildman–Crippen MR) is 69.1 cm³/mol. The van der Waals surface area contributed by atoms with E-state index in [1.54, 1.807) is 6.07 Å². The molecule has 0 unspecified atom stereocenters. The fraction of sp³-hybridized carbons (Fsp3) is 0.500. The van der Waals surface area contributed by atoms with Crippen LogP contribution in [0.4, 0.5) is 4.39 Å². The van der Waals surface area contributed by atoms with Crippen LogP contribution in [0.15, 0.2) is 18.2 Å². The third kappa shape index (κ3) is 4.45. The van der Waals surface area contributed by atoms with Crippen molar-refractivity contribution in [1.82, 2.24) is 4.90 Å². The van der Waals surface area contributed by atoms with Crippen LogP contribution in [0.3, 0.4) is 0 Å². The molecule has 1 N–H and O–H groups in total. The second-order valence-electron chi connectivity index (χ2n) is 5.85. The molecule has 0 aliphatic rings. The molecule has 0 aliphatic carbocycles. The largest absolute Gasteiger partial charge is 0.478 e. The molecule has 0 bridgehead atoms. The van der Waals surface area contributed by atoms with Gasteiger partial charge in [-0.3, -0.25) is 0 Å². The van der Waals surface area contributed by atoms with Gasteiger partial charge in [-0.05, 0) is 30.2 Å². The lowest BCUT2D eigenvalue weighted by Gasteiger charge is -2.26. The molecule has 0 saturated carbocycles. The number of nitrogens with zero attached hydrogens (tertiary/aromatic N) is 1. The van der Waals surface area contributed by atoms with Gasteiger partial charge >= 0.3 is 5.97 Å². The van der Waals surface area contributed by atoms with E-state index in [-0.39, 0.29) is 11.0 Å². The summed E-state index contributed by atoms with van der Waals surface area (Å²) in [6.07, 6.45) is 0. The Labute approximate surface area is 107 Å². The topological polar surface area (TPSA) is 40.5 Å². The molecule has 0 atom stereocenters. The summed E-state index contributed by atoms with van der Waals surface area (Å²) in [4.78, 5) is 12.9. The highest BCUT2D eigenvalue weighted by molar-refractivity contribution is 5.88. The minimum atomic E-state index is -1.23. The summed E-state index contributed by atoms with van der Waals surface area (Å²) in [5.74, 6) is -1.92. The van der Waals surface area contributed by atoms with E-state index in [0.29, 0.717) is 6.54 Å². The van der Waals surface area contributed by atoms with Crippen molar-refractivity contribution in [2.75, 3.05) is 13.6 Å². The van der Waals surface area contributed by atoms with Gasteiger partial charge in [0.1, 0.15) is 5.82 Å². The van der Waals surface area contributed by atoms with Crippen LogP contribution in [-0.4, -0.2) is 29.6 Å². The Morgan fingerprint density at radius 2 is 2.00 bits per heavy atom. The maximum absolute atomic E-state index is 13.2. The number of carboxylic acids is 1. The van der Waals surface area contributed by atoms with E-state index in [4.69, 9.17) is 5.11 Å². The molecule has 1 rings (SSSR count). The Balaban J connectivity index is 2.80. The summed E-state index contributed by atoms with van der Waals surface area (Å²) in [5, 5.41) is 8.86. The van der Waals surface area contributed by atoms with Gasteiger partial charge in [0.25, 0.3) is 0 Å². The summed E-state index contributed by atoms with van der Waals surface area (Å²) in [6.45, 7) is 7.90. The van der Waals surface area contributed by atoms with Crippen LogP contribution in [0, 0.1) is 11.2 Å². The normalized spacial score (nSPS) is 11.9. The van der Waals surface area contributed by atoms with Gasteiger partial charge < -0.3 is 10.0 Å². The van der Waals surface area contributed by atoms with Crippen LogP contribution >= 0.6 is 0 Å². The number of hydrogen-bond donors (Lipinski definition) is 1. The molecule has 1 aromatic carbocycles. The van der Waals surface area contributed by atoms with E-state index in [1.165, 1.54) is 12.1 Å². The predicted octanol–water partition coefficient (Wildman–Crippen LogP) is 3.00. The number of carbonyl (C=O) groups is 1. The highest BCUT2D eigenvalue weighted by Gasteiger charge is 2.15. The van der Waals surface area contributed by atoms with Crippen molar-refractivity contribution in [3.05, 3.63) is 35.1 Å². The molecule has 4 heteroatoms. The molecule has 0 radical (unpaired) electrons. The quantitative estimate of drug-likeness (QED) is 0.896. The first kappa shape index (κ1) is 14.6. The van der Waals surface area contributed by atoms with Gasteiger partial charge in [0.2, 0.25) is 0 Å². The zero-order valence-corrected chi connectivity index (χ0v) is 11.3. The smallest absolute Gasteiger partial charge is 0.338 e. The minimum Gasteiger partial charge on any atom is -0.478 e. The van der Waals surface area contributed by atoms with Gasteiger partial charge in [0.05, 0.1) is 5.56 Å². The van der Waals surface area contributed by atoms with Crippen LogP contribution in [-0.2, 0) is 6.54 Å². The lowest BCUT2D eigenvalue weighted by atomic mass is 9.96. The number of carboxylic acid groups (broad SMARTS) is 1. The van der Waals surface area contributed by atoms with Crippen LogP contribution in [0.2, 0.25) is 0 Å². The maximum atomic E-state index is 13.2. The van der Waals surface area contributed by atoms with Crippen LogP contribution in [0.5, 0.6) is 0 Å². The summed E-state index contributed by atoms with van der Waals surface area (Å²) in [5.41, 5.74) is 0.710. The van der Waals surface area contributed by atoms with Crippen molar-refractivity contribution in [3.8, 4) is 0 Å². The number of aromatic carboxylic acids is 1. The number of rotatable bonds is 4. The molecule has 1 aromatic rings. The van der Waals surface area contributed by atoms with Crippen LogP contribution in [0.25, 0.3) is 0 Å². The summed E-state index contributed by atoms with van der Waals surface area (Å²) < 4.78 is 13.2. The van der Waals surface area contributed by atoms with Crippen molar-refractivity contribution in [2.45, 2.75) is 27.3 Å². The van der Waals surface area contributed by atoms with Crippen LogP contribution < -0.4 is 0 Å². The first-order chi connectivity index (χ1) is 8.19. The molecule has 100 valence electrons. The Morgan fingerprint density at radius 3 is 2.50 bits per heavy atom. The van der Waals surface area contributed by atoms with Gasteiger partial charge in [-0.2, -0.15) is 0 Å². The maximum Gasteiger partial charge on any atom is 0.338 e. The molecule has 18 heavy (non-hydrogen) atoms. The Hall–Kier alpha value is -1.42. The number of hydrogen-bond acceptors (Lipinski definition) is 2. The highest BCUT2D eigenvalue weighted by Crippen LogP contribution is 2.17. The van der Waals surface area contributed by atoms with Gasteiger partial charge in [-0.15, -0.1) is 0 Å². The Morgan fingerprint density at radius 1 is 1.39 bits per heavy atom. The van der Waals surface area contributed by atoms with Gasteiger partial charge in [0.15, 0.2) is 0 Å². The molecule has 0 aliphatic heterocycles. The van der Waals surface area contributed by atoms with E-state index in [1.807, 2.05) is 7.05 Å². The van der Waals surface area contributed by atoms with E-state index < -0.39 is 11.8 Å². The van der Waals surface area contributed by atoms with Crippen molar-refractivity contribution in [2.24, 2.45) is 5.41 Å². The molecule has 0 saturated heterocycles. The second-order valence-corrected chi connectivity index (χ2v) is 5.85. The van der Waals surface area contributed by atoms with Crippen LogP contribution in [0.1, 0.15) is 36.7 Å². The van der Waals surface area contributed by atoms with Gasteiger partial charge in [-0.25, -0.2) is 9.18 Å².